The largest absolute Gasteiger partial charge is 0.325 e. The minimum Gasteiger partial charge on any atom is -0.325 e. The molecule has 41 heavy (non-hydrogen) atoms. The van der Waals surface area contributed by atoms with Gasteiger partial charge in [-0.15, -0.1) is 0 Å². The molecule has 6 nitrogen and oxygen atoms in total. The van der Waals surface area contributed by atoms with Gasteiger partial charge in [-0.3, -0.25) is 4.79 Å². The van der Waals surface area contributed by atoms with E-state index in [2.05, 4.69) is 16.7 Å². The first kappa shape index (κ1) is 26.8. The lowest BCUT2D eigenvalue weighted by molar-refractivity contribution is -0.125. The number of nitrogens with zero attached hydrogens (tertiary/aromatic N) is 2. The number of rotatable bonds is 3. The normalized spacial score (nSPS) is 21.2. The molecule has 0 aromatic heterocycles. The van der Waals surface area contributed by atoms with Gasteiger partial charge >= 0.3 is 6.03 Å². The molecule has 1 spiro atoms. The molecule has 204 valence electrons. The summed E-state index contributed by atoms with van der Waals surface area (Å²) in [5.41, 5.74) is 1.98. The molecule has 0 saturated carbocycles. The van der Waals surface area contributed by atoms with Crippen LogP contribution in [0, 0.1) is 17.1 Å². The lowest BCUT2D eigenvalue weighted by Crippen LogP contribution is -2.58. The molecule has 2 heterocycles. The van der Waals surface area contributed by atoms with Gasteiger partial charge in [-0.1, -0.05) is 59.6 Å². The number of hydrogen-bond donors (Lipinski definition) is 2. The molecule has 2 aliphatic rings. The van der Waals surface area contributed by atoms with E-state index in [1.165, 1.54) is 12.1 Å². The summed E-state index contributed by atoms with van der Waals surface area (Å²) in [4.78, 5) is 30.0. The topological polar surface area (TPSA) is 85.2 Å². The molecule has 0 radical (unpaired) electrons. The Bertz CT molecular complexity index is 1740. The van der Waals surface area contributed by atoms with Crippen LogP contribution in [-0.2, 0) is 10.2 Å². The molecule has 4 aromatic carbocycles. The summed E-state index contributed by atoms with van der Waals surface area (Å²) in [5, 5.41) is 16.2. The lowest BCUT2D eigenvalue weighted by atomic mass is 9.59. The van der Waals surface area contributed by atoms with Gasteiger partial charge in [-0.2, -0.15) is 5.26 Å². The summed E-state index contributed by atoms with van der Waals surface area (Å²) >= 11 is 12.7. The van der Waals surface area contributed by atoms with Crippen LogP contribution in [0.2, 0.25) is 10.0 Å². The average Bonchev–Trinajstić information content (AvgIpc) is 3.23. The predicted octanol–water partition coefficient (Wildman–Crippen LogP) is 7.66. The molecule has 3 atom stereocenters. The Hall–Kier alpha value is -4.38. The van der Waals surface area contributed by atoms with Crippen molar-refractivity contribution >= 4 is 46.5 Å². The number of halogens is 3. The standard InChI is InChI=1S/C32H23Cl2FN4O2/c33-22-7-2-5-20(15-22)26-12-13-39(31(41)37-25-9-1-4-19(14-25)18-36)29(21-6-3-8-24(35)16-21)32(26)27-11-10-23(34)17-28(27)38-30(32)40/h1-11,14-17,26,29H,12-13H2,(H,37,41)(H,38,40). The van der Waals surface area contributed by atoms with Gasteiger partial charge in [0.15, 0.2) is 0 Å². The number of nitriles is 1. The maximum absolute atomic E-state index is 14.8. The monoisotopic (exact) mass is 584 g/mol. The van der Waals surface area contributed by atoms with E-state index in [1.807, 2.05) is 18.2 Å². The lowest BCUT2D eigenvalue weighted by Gasteiger charge is -2.51. The molecule has 0 bridgehead atoms. The number of benzene rings is 4. The number of carbonyl (C=O) groups is 2. The highest BCUT2D eigenvalue weighted by atomic mass is 35.5. The molecular formula is C32H23Cl2FN4O2. The van der Waals surface area contributed by atoms with E-state index in [4.69, 9.17) is 23.2 Å². The number of hydrogen-bond acceptors (Lipinski definition) is 3. The van der Waals surface area contributed by atoms with Crippen LogP contribution in [-0.4, -0.2) is 23.4 Å². The molecule has 6 rings (SSSR count). The molecule has 3 unspecified atom stereocenters. The van der Waals surface area contributed by atoms with Crippen LogP contribution in [0.15, 0.2) is 91.0 Å². The maximum Gasteiger partial charge on any atom is 0.322 e. The first-order valence-corrected chi connectivity index (χ1v) is 13.8. The van der Waals surface area contributed by atoms with E-state index in [9.17, 15) is 19.2 Å². The van der Waals surface area contributed by atoms with Crippen molar-refractivity contribution in [2.75, 3.05) is 17.2 Å². The second-order valence-corrected chi connectivity index (χ2v) is 11.1. The average molecular weight is 585 g/mol. The number of amides is 3. The fourth-order valence-corrected chi connectivity index (χ4v) is 6.73. The van der Waals surface area contributed by atoms with Crippen molar-refractivity contribution in [1.82, 2.24) is 4.90 Å². The van der Waals surface area contributed by atoms with Gasteiger partial charge in [0.2, 0.25) is 5.91 Å². The summed E-state index contributed by atoms with van der Waals surface area (Å²) in [6.45, 7) is 0.264. The zero-order valence-corrected chi connectivity index (χ0v) is 23.1. The number of nitrogens with one attached hydrogen (secondary N) is 2. The summed E-state index contributed by atoms with van der Waals surface area (Å²) in [5.74, 6) is -1.22. The smallest absolute Gasteiger partial charge is 0.322 e. The summed E-state index contributed by atoms with van der Waals surface area (Å²) in [7, 11) is 0. The van der Waals surface area contributed by atoms with E-state index in [0.717, 1.165) is 5.56 Å². The Morgan fingerprint density at radius 2 is 1.73 bits per heavy atom. The third-order valence-electron chi connectivity index (χ3n) is 7.92. The van der Waals surface area contributed by atoms with Crippen molar-refractivity contribution in [3.05, 3.63) is 129 Å². The number of likely N-dealkylation sites (tertiary alicyclic amines) is 1. The van der Waals surface area contributed by atoms with Crippen LogP contribution in [0.5, 0.6) is 0 Å². The molecule has 3 amide bonds. The van der Waals surface area contributed by atoms with Crippen molar-refractivity contribution in [3.8, 4) is 6.07 Å². The Kier molecular flexibility index (Phi) is 6.90. The first-order chi connectivity index (χ1) is 19.8. The highest BCUT2D eigenvalue weighted by Crippen LogP contribution is 2.60. The van der Waals surface area contributed by atoms with Crippen LogP contribution in [0.4, 0.5) is 20.6 Å². The zero-order chi connectivity index (χ0) is 28.7. The summed E-state index contributed by atoms with van der Waals surface area (Å²) in [6, 6.07) is 25.8. The number of piperidine rings is 1. The van der Waals surface area contributed by atoms with Crippen molar-refractivity contribution < 1.29 is 14.0 Å². The van der Waals surface area contributed by atoms with E-state index >= 15 is 0 Å². The quantitative estimate of drug-likeness (QED) is 0.259. The minimum atomic E-state index is -1.34. The van der Waals surface area contributed by atoms with E-state index in [0.29, 0.717) is 44.5 Å². The highest BCUT2D eigenvalue weighted by molar-refractivity contribution is 6.31. The number of urea groups is 1. The van der Waals surface area contributed by atoms with Crippen molar-refractivity contribution in [2.24, 2.45) is 0 Å². The Balaban J connectivity index is 1.57. The molecule has 1 fully saturated rings. The third-order valence-corrected chi connectivity index (χ3v) is 8.39. The van der Waals surface area contributed by atoms with Crippen LogP contribution in [0.3, 0.4) is 0 Å². The second-order valence-electron chi connectivity index (χ2n) is 10.2. The van der Waals surface area contributed by atoms with Gasteiger partial charge in [0, 0.05) is 33.9 Å². The summed E-state index contributed by atoms with van der Waals surface area (Å²) < 4.78 is 14.8. The summed E-state index contributed by atoms with van der Waals surface area (Å²) in [6.07, 6.45) is 0.424. The molecule has 4 aromatic rings. The van der Waals surface area contributed by atoms with Gasteiger partial charge in [0.25, 0.3) is 0 Å². The minimum absolute atomic E-state index is 0.264. The number of carbonyl (C=O) groups excluding carboxylic acids is 2. The molecular weight excluding hydrogens is 562 g/mol. The van der Waals surface area contributed by atoms with Crippen LogP contribution >= 0.6 is 23.2 Å². The SMILES string of the molecule is N#Cc1cccc(NC(=O)N2CCC(c3cccc(Cl)c3)C3(C(=O)Nc4cc(Cl)ccc43)C2c2cccc(F)c2)c1. The maximum atomic E-state index is 14.8. The predicted molar refractivity (Wildman–Crippen MR) is 157 cm³/mol. The van der Waals surface area contributed by atoms with E-state index in [-0.39, 0.29) is 12.5 Å². The van der Waals surface area contributed by atoms with Crippen molar-refractivity contribution in [3.63, 3.8) is 0 Å². The Morgan fingerprint density at radius 3 is 2.51 bits per heavy atom. The third kappa shape index (κ3) is 4.59. The Labute approximate surface area is 246 Å². The zero-order valence-electron chi connectivity index (χ0n) is 21.6. The molecule has 0 aliphatic carbocycles. The van der Waals surface area contributed by atoms with Gasteiger partial charge in [0.1, 0.15) is 11.2 Å². The van der Waals surface area contributed by atoms with Crippen LogP contribution < -0.4 is 10.6 Å². The van der Waals surface area contributed by atoms with Crippen molar-refractivity contribution in [1.29, 1.82) is 5.26 Å². The number of anilines is 2. The molecule has 9 heteroatoms. The van der Waals surface area contributed by atoms with E-state index < -0.39 is 29.2 Å². The van der Waals surface area contributed by atoms with Gasteiger partial charge in [0.05, 0.1) is 17.7 Å². The molecule has 2 N–H and O–H groups in total. The highest BCUT2D eigenvalue weighted by Gasteiger charge is 2.62. The van der Waals surface area contributed by atoms with Crippen LogP contribution in [0.25, 0.3) is 0 Å². The molecule has 2 aliphatic heterocycles. The fraction of sp³-hybridized carbons (Fsp3) is 0.156. The Morgan fingerprint density at radius 1 is 0.976 bits per heavy atom. The van der Waals surface area contributed by atoms with E-state index in [1.54, 1.807) is 65.6 Å². The number of fused-ring (bicyclic) bond motifs is 2. The second kappa shape index (κ2) is 10.5. The van der Waals surface area contributed by atoms with Gasteiger partial charge < -0.3 is 15.5 Å². The van der Waals surface area contributed by atoms with Crippen LogP contribution in [0.1, 0.15) is 40.6 Å². The van der Waals surface area contributed by atoms with Gasteiger partial charge in [-0.05, 0) is 77.7 Å². The van der Waals surface area contributed by atoms with Crippen molar-refractivity contribution in [2.45, 2.75) is 23.8 Å². The first-order valence-electron chi connectivity index (χ1n) is 13.0. The molecule has 1 saturated heterocycles. The fourth-order valence-electron chi connectivity index (χ4n) is 6.36. The van der Waals surface area contributed by atoms with Gasteiger partial charge in [-0.25, -0.2) is 9.18 Å².